The lowest BCUT2D eigenvalue weighted by Crippen LogP contribution is -2.37. The van der Waals surface area contributed by atoms with Crippen molar-refractivity contribution >= 4 is 10.0 Å². The van der Waals surface area contributed by atoms with Crippen LogP contribution in [0.5, 0.6) is 0 Å². The third-order valence-electron chi connectivity index (χ3n) is 3.44. The van der Waals surface area contributed by atoms with E-state index in [2.05, 4.69) is 4.72 Å². The molecule has 17 heavy (non-hydrogen) atoms. The third kappa shape index (κ3) is 3.40. The van der Waals surface area contributed by atoms with E-state index in [9.17, 15) is 8.42 Å². The third-order valence-corrected chi connectivity index (χ3v) is 4.81. The van der Waals surface area contributed by atoms with Gasteiger partial charge < -0.3 is 9.47 Å². The zero-order valence-electron chi connectivity index (χ0n) is 10.3. The second kappa shape index (κ2) is 5.22. The zero-order valence-corrected chi connectivity index (χ0v) is 11.1. The number of sulfonamides is 1. The van der Waals surface area contributed by atoms with Gasteiger partial charge in [-0.2, -0.15) is 0 Å². The van der Waals surface area contributed by atoms with Gasteiger partial charge in [0.2, 0.25) is 10.0 Å². The van der Waals surface area contributed by atoms with Crippen molar-refractivity contribution in [1.82, 2.24) is 4.72 Å². The zero-order chi connectivity index (χ0) is 12.4. The molecule has 0 bridgehead atoms. The normalized spacial score (nSPS) is 28.6. The number of hydrogen-bond donors (Lipinski definition) is 1. The van der Waals surface area contributed by atoms with E-state index in [0.29, 0.717) is 13.2 Å². The molecule has 1 saturated heterocycles. The first kappa shape index (κ1) is 13.3. The average Bonchev–Trinajstić information content (AvgIpc) is 2.71. The summed E-state index contributed by atoms with van der Waals surface area (Å²) in [6.07, 6.45) is 5.23. The highest BCUT2D eigenvalue weighted by molar-refractivity contribution is 7.89. The lowest BCUT2D eigenvalue weighted by molar-refractivity contribution is -0.186. The fourth-order valence-electron chi connectivity index (χ4n) is 2.39. The highest BCUT2D eigenvalue weighted by Crippen LogP contribution is 2.37. The topological polar surface area (TPSA) is 64.6 Å². The molecule has 2 fully saturated rings. The fourth-order valence-corrected chi connectivity index (χ4v) is 3.04. The number of hydrogen-bond acceptors (Lipinski definition) is 4. The predicted octanol–water partition coefficient (Wildman–Crippen LogP) is 1.00. The Morgan fingerprint density at radius 2 is 2.00 bits per heavy atom. The van der Waals surface area contributed by atoms with Gasteiger partial charge >= 0.3 is 0 Å². The molecule has 1 heterocycles. The molecule has 1 atom stereocenters. The van der Waals surface area contributed by atoms with Crippen LogP contribution < -0.4 is 4.72 Å². The number of rotatable bonds is 4. The Labute approximate surface area is 103 Å². The minimum absolute atomic E-state index is 0.103. The predicted molar refractivity (Wildman–Crippen MR) is 64.1 cm³/mol. The molecule has 1 aliphatic heterocycles. The van der Waals surface area contributed by atoms with E-state index in [1.54, 1.807) is 6.92 Å². The number of ether oxygens (including phenoxy) is 2. The summed E-state index contributed by atoms with van der Waals surface area (Å²) in [6.45, 7) is 2.43. The van der Waals surface area contributed by atoms with Crippen LogP contribution in [0.15, 0.2) is 0 Å². The Hall–Kier alpha value is -0.170. The molecule has 100 valence electrons. The van der Waals surface area contributed by atoms with Crippen molar-refractivity contribution in [3.63, 3.8) is 0 Å². The Kier molecular flexibility index (Phi) is 4.07. The summed E-state index contributed by atoms with van der Waals surface area (Å²) < 4.78 is 36.8. The van der Waals surface area contributed by atoms with Gasteiger partial charge in [0.15, 0.2) is 5.79 Å². The highest BCUT2D eigenvalue weighted by atomic mass is 32.2. The molecule has 0 aromatic rings. The lowest BCUT2D eigenvalue weighted by Gasteiger charge is -2.31. The summed E-state index contributed by atoms with van der Waals surface area (Å²) in [5.74, 6) is -0.313. The summed E-state index contributed by atoms with van der Waals surface area (Å²) in [7, 11) is -3.13. The second-order valence-corrected chi connectivity index (χ2v) is 6.87. The van der Waals surface area contributed by atoms with Crippen molar-refractivity contribution < 1.29 is 17.9 Å². The van der Waals surface area contributed by atoms with Crippen LogP contribution in [0.1, 0.15) is 39.0 Å². The van der Waals surface area contributed by atoms with Crippen molar-refractivity contribution in [3.05, 3.63) is 0 Å². The van der Waals surface area contributed by atoms with Crippen LogP contribution in [0.3, 0.4) is 0 Å². The van der Waals surface area contributed by atoms with Crippen molar-refractivity contribution in [3.8, 4) is 0 Å². The van der Waals surface area contributed by atoms with E-state index in [-0.39, 0.29) is 11.9 Å². The maximum Gasteiger partial charge on any atom is 0.211 e. The lowest BCUT2D eigenvalue weighted by atomic mass is 9.94. The van der Waals surface area contributed by atoms with Gasteiger partial charge in [0.05, 0.1) is 18.5 Å². The van der Waals surface area contributed by atoms with E-state index in [1.165, 1.54) is 6.42 Å². The molecular formula is C11H21NO4S. The molecule has 1 saturated carbocycles. The van der Waals surface area contributed by atoms with E-state index in [1.807, 2.05) is 0 Å². The van der Waals surface area contributed by atoms with E-state index >= 15 is 0 Å². The molecule has 0 aromatic carbocycles. The van der Waals surface area contributed by atoms with Crippen LogP contribution >= 0.6 is 0 Å². The standard InChI is InChI=1S/C11H21NO4S/c1-2-17(13,14)12-8-10-9-15-11(16-10)6-4-3-5-7-11/h10,12H,2-9H2,1H3. The van der Waals surface area contributed by atoms with Crippen molar-refractivity contribution in [1.29, 1.82) is 0 Å². The van der Waals surface area contributed by atoms with Gasteiger partial charge in [-0.15, -0.1) is 0 Å². The first-order valence-corrected chi connectivity index (χ1v) is 8.00. The molecule has 5 nitrogen and oxygen atoms in total. The van der Waals surface area contributed by atoms with Crippen LogP contribution in [0.25, 0.3) is 0 Å². The molecule has 1 unspecified atom stereocenters. The van der Waals surface area contributed by atoms with Gasteiger partial charge in [-0.05, 0) is 19.8 Å². The van der Waals surface area contributed by atoms with Crippen LogP contribution in [-0.2, 0) is 19.5 Å². The quantitative estimate of drug-likeness (QED) is 0.822. The smallest absolute Gasteiger partial charge is 0.211 e. The van der Waals surface area contributed by atoms with Crippen LogP contribution in [-0.4, -0.2) is 39.2 Å². The number of nitrogens with one attached hydrogen (secondary N) is 1. The van der Waals surface area contributed by atoms with Gasteiger partial charge in [-0.3, -0.25) is 0 Å². The first-order valence-electron chi connectivity index (χ1n) is 6.34. The second-order valence-electron chi connectivity index (χ2n) is 4.77. The molecular weight excluding hydrogens is 242 g/mol. The van der Waals surface area contributed by atoms with Crippen LogP contribution in [0, 0.1) is 0 Å². The molecule has 1 N–H and O–H groups in total. The maximum absolute atomic E-state index is 11.3. The van der Waals surface area contributed by atoms with Crippen molar-refractivity contribution in [2.45, 2.75) is 50.9 Å². The van der Waals surface area contributed by atoms with Gasteiger partial charge in [0, 0.05) is 19.4 Å². The van der Waals surface area contributed by atoms with Crippen molar-refractivity contribution in [2.24, 2.45) is 0 Å². The minimum Gasteiger partial charge on any atom is -0.347 e. The minimum atomic E-state index is -3.13. The van der Waals surface area contributed by atoms with Crippen LogP contribution in [0.2, 0.25) is 0 Å². The molecule has 0 aromatic heterocycles. The first-order chi connectivity index (χ1) is 8.05. The Bertz CT molecular complexity index is 348. The summed E-state index contributed by atoms with van der Waals surface area (Å²) in [5.41, 5.74) is 0. The van der Waals surface area contributed by atoms with E-state index in [0.717, 1.165) is 25.7 Å². The fraction of sp³-hybridized carbons (Fsp3) is 1.00. The monoisotopic (exact) mass is 263 g/mol. The summed E-state index contributed by atoms with van der Waals surface area (Å²) in [6, 6.07) is 0. The molecule has 6 heteroatoms. The molecule has 1 spiro atoms. The summed E-state index contributed by atoms with van der Waals surface area (Å²) >= 11 is 0. The Morgan fingerprint density at radius 1 is 1.29 bits per heavy atom. The van der Waals surface area contributed by atoms with E-state index in [4.69, 9.17) is 9.47 Å². The highest BCUT2D eigenvalue weighted by Gasteiger charge is 2.42. The van der Waals surface area contributed by atoms with Gasteiger partial charge in [0.1, 0.15) is 0 Å². The van der Waals surface area contributed by atoms with Gasteiger partial charge in [-0.1, -0.05) is 6.42 Å². The molecule has 0 radical (unpaired) electrons. The van der Waals surface area contributed by atoms with Crippen LogP contribution in [0.4, 0.5) is 0 Å². The van der Waals surface area contributed by atoms with Gasteiger partial charge in [0.25, 0.3) is 0 Å². The average molecular weight is 263 g/mol. The maximum atomic E-state index is 11.3. The van der Waals surface area contributed by atoms with Crippen molar-refractivity contribution in [2.75, 3.05) is 18.9 Å². The SMILES string of the molecule is CCS(=O)(=O)NCC1COC2(CCCCC2)O1. The molecule has 1 aliphatic carbocycles. The Balaban J connectivity index is 1.82. The molecule has 2 rings (SSSR count). The Morgan fingerprint density at radius 3 is 2.65 bits per heavy atom. The van der Waals surface area contributed by atoms with E-state index < -0.39 is 15.8 Å². The molecule has 2 aliphatic rings. The largest absolute Gasteiger partial charge is 0.347 e. The summed E-state index contributed by atoms with van der Waals surface area (Å²) in [5, 5.41) is 0. The molecule has 0 amide bonds. The summed E-state index contributed by atoms with van der Waals surface area (Å²) in [4.78, 5) is 0. The van der Waals surface area contributed by atoms with Gasteiger partial charge in [-0.25, -0.2) is 13.1 Å².